The average Bonchev–Trinajstić information content (AvgIpc) is 3.53. The van der Waals surface area contributed by atoms with Gasteiger partial charge in [0.1, 0.15) is 11.6 Å². The molecule has 0 spiro atoms. The summed E-state index contributed by atoms with van der Waals surface area (Å²) >= 11 is 6.09. The molecule has 2 aliphatic heterocycles. The Morgan fingerprint density at radius 1 is 0.897 bits per heavy atom. The first-order chi connectivity index (χ1) is 18.9. The molecule has 0 saturated carbocycles. The van der Waals surface area contributed by atoms with Gasteiger partial charge in [-0.2, -0.15) is 0 Å². The van der Waals surface area contributed by atoms with Gasteiger partial charge in [-0.25, -0.2) is 8.78 Å². The van der Waals surface area contributed by atoms with Crippen LogP contribution in [0.25, 0.3) is 16.9 Å². The molecule has 0 atom stereocenters. The molecule has 6 rings (SSSR count). The van der Waals surface area contributed by atoms with Crippen molar-refractivity contribution in [3.8, 4) is 28.4 Å². The molecular weight excluding hydrogens is 524 g/mol. The van der Waals surface area contributed by atoms with Crippen LogP contribution in [0.15, 0.2) is 66.7 Å². The molecule has 9 heteroatoms. The Morgan fingerprint density at radius 2 is 1.64 bits per heavy atom. The maximum absolute atomic E-state index is 14.9. The monoisotopic (exact) mass is 549 g/mol. The van der Waals surface area contributed by atoms with Gasteiger partial charge in [0.15, 0.2) is 11.5 Å². The number of nitrogens with zero attached hydrogens (tertiary/aromatic N) is 3. The van der Waals surface area contributed by atoms with Gasteiger partial charge >= 0.3 is 0 Å². The number of benzene rings is 3. The molecule has 2 aliphatic rings. The number of piperazine rings is 1. The number of hydrogen-bond acceptors (Lipinski definition) is 4. The molecule has 200 valence electrons. The van der Waals surface area contributed by atoms with Crippen molar-refractivity contribution in [1.29, 1.82) is 0 Å². The van der Waals surface area contributed by atoms with Gasteiger partial charge in [0.25, 0.3) is 5.91 Å². The highest BCUT2D eigenvalue weighted by Gasteiger charge is 2.27. The molecule has 39 heavy (non-hydrogen) atoms. The van der Waals surface area contributed by atoms with Crippen LogP contribution in [-0.4, -0.2) is 53.2 Å². The van der Waals surface area contributed by atoms with Crippen LogP contribution in [0, 0.1) is 18.6 Å². The fraction of sp³-hybridized carbons (Fsp3) is 0.233. The van der Waals surface area contributed by atoms with Crippen LogP contribution in [0.3, 0.4) is 0 Å². The smallest absolute Gasteiger partial charge is 0.255 e. The van der Waals surface area contributed by atoms with Gasteiger partial charge in [-0.15, -0.1) is 0 Å². The van der Waals surface area contributed by atoms with Gasteiger partial charge in [-0.1, -0.05) is 29.8 Å². The van der Waals surface area contributed by atoms with Gasteiger partial charge in [0.05, 0.1) is 16.9 Å². The molecule has 1 saturated heterocycles. The van der Waals surface area contributed by atoms with E-state index in [1.807, 2.05) is 35.2 Å². The van der Waals surface area contributed by atoms with Crippen molar-refractivity contribution in [3.63, 3.8) is 0 Å². The van der Waals surface area contributed by atoms with Crippen molar-refractivity contribution in [3.05, 3.63) is 100 Å². The van der Waals surface area contributed by atoms with Crippen molar-refractivity contribution in [2.75, 3.05) is 33.0 Å². The minimum Gasteiger partial charge on any atom is -0.454 e. The van der Waals surface area contributed by atoms with E-state index in [4.69, 9.17) is 21.1 Å². The molecule has 0 aliphatic carbocycles. The normalized spacial score (nSPS) is 15.1. The van der Waals surface area contributed by atoms with Crippen LogP contribution < -0.4 is 9.47 Å². The first-order valence-corrected chi connectivity index (χ1v) is 13.1. The fourth-order valence-electron chi connectivity index (χ4n) is 5.21. The minimum absolute atomic E-state index is 0.119. The summed E-state index contributed by atoms with van der Waals surface area (Å²) in [6.45, 7) is 5.34. The SMILES string of the molecule is Cc1c(C(=O)N2CCN(Cc3ccc4c(c3)OCO4)CC2)cc(-c2ccc(Cl)cc2)n1-c1ccc(F)cc1F. The van der Waals surface area contributed by atoms with E-state index in [0.717, 1.165) is 48.3 Å². The van der Waals surface area contributed by atoms with Crippen molar-refractivity contribution in [1.82, 2.24) is 14.4 Å². The Kier molecular flexibility index (Phi) is 6.74. The van der Waals surface area contributed by atoms with E-state index in [9.17, 15) is 13.6 Å². The maximum atomic E-state index is 14.9. The summed E-state index contributed by atoms with van der Waals surface area (Å²) in [6.07, 6.45) is 0. The Balaban J connectivity index is 1.24. The average molecular weight is 550 g/mol. The summed E-state index contributed by atoms with van der Waals surface area (Å²) in [4.78, 5) is 17.9. The molecule has 0 unspecified atom stereocenters. The molecule has 4 aromatic rings. The molecular formula is C30H26ClF2N3O3. The maximum Gasteiger partial charge on any atom is 0.255 e. The number of carbonyl (C=O) groups is 1. The molecule has 1 aromatic heterocycles. The van der Waals surface area contributed by atoms with E-state index >= 15 is 0 Å². The number of rotatable bonds is 5. The van der Waals surface area contributed by atoms with Crippen molar-refractivity contribution in [2.24, 2.45) is 0 Å². The first kappa shape index (κ1) is 25.4. The number of amides is 1. The highest BCUT2D eigenvalue weighted by atomic mass is 35.5. The van der Waals surface area contributed by atoms with Crippen LogP contribution >= 0.6 is 11.6 Å². The van der Waals surface area contributed by atoms with Gasteiger partial charge in [0.2, 0.25) is 6.79 Å². The molecule has 6 nitrogen and oxygen atoms in total. The Bertz CT molecular complexity index is 1550. The lowest BCUT2D eigenvalue weighted by molar-refractivity contribution is 0.0627. The predicted molar refractivity (Wildman–Crippen MR) is 145 cm³/mol. The number of fused-ring (bicyclic) bond motifs is 1. The molecule has 0 bridgehead atoms. The summed E-state index contributed by atoms with van der Waals surface area (Å²) in [7, 11) is 0. The Morgan fingerprint density at radius 3 is 2.38 bits per heavy atom. The number of halogens is 3. The Labute approximate surface area is 229 Å². The lowest BCUT2D eigenvalue weighted by Crippen LogP contribution is -2.48. The lowest BCUT2D eigenvalue weighted by atomic mass is 10.1. The van der Waals surface area contributed by atoms with Crippen LogP contribution in [0.1, 0.15) is 21.6 Å². The van der Waals surface area contributed by atoms with Crippen LogP contribution in [0.4, 0.5) is 8.78 Å². The van der Waals surface area contributed by atoms with Gasteiger partial charge < -0.3 is 18.9 Å². The lowest BCUT2D eigenvalue weighted by Gasteiger charge is -2.34. The van der Waals surface area contributed by atoms with Gasteiger partial charge in [-0.05, 0) is 60.5 Å². The van der Waals surface area contributed by atoms with E-state index < -0.39 is 11.6 Å². The minimum atomic E-state index is -0.708. The summed E-state index contributed by atoms with van der Waals surface area (Å²) in [6, 6.07) is 18.3. The number of carbonyl (C=O) groups excluding carboxylic acids is 1. The van der Waals surface area contributed by atoms with E-state index in [0.29, 0.717) is 35.1 Å². The predicted octanol–water partition coefficient (Wildman–Crippen LogP) is 6.07. The standard InChI is InChI=1S/C30H26ClF2N3O3/c1-19-24(16-27(21-3-5-22(31)6-4-21)36(19)26-8-7-23(32)15-25(26)33)30(37)35-12-10-34(11-13-35)17-20-2-9-28-29(14-20)39-18-38-28/h2-9,14-16H,10-13,17-18H2,1H3. The third kappa shape index (κ3) is 4.97. The Hall–Kier alpha value is -3.88. The van der Waals surface area contributed by atoms with Crippen molar-refractivity contribution in [2.45, 2.75) is 13.5 Å². The molecule has 1 fully saturated rings. The molecule has 0 N–H and O–H groups in total. The fourth-order valence-corrected chi connectivity index (χ4v) is 5.33. The molecule has 0 radical (unpaired) electrons. The summed E-state index contributed by atoms with van der Waals surface area (Å²) in [5.41, 5.74) is 3.75. The third-order valence-electron chi connectivity index (χ3n) is 7.27. The molecule has 3 heterocycles. The second kappa shape index (κ2) is 10.4. The second-order valence-corrected chi connectivity index (χ2v) is 10.2. The summed E-state index contributed by atoms with van der Waals surface area (Å²) in [5.74, 6) is 0.0288. The first-order valence-electron chi connectivity index (χ1n) is 12.7. The number of aromatic nitrogens is 1. The van der Waals surface area contributed by atoms with E-state index in [1.54, 1.807) is 29.7 Å². The summed E-state index contributed by atoms with van der Waals surface area (Å²) < 4.78 is 41.2. The van der Waals surface area contributed by atoms with E-state index in [2.05, 4.69) is 4.90 Å². The second-order valence-electron chi connectivity index (χ2n) is 9.72. The van der Waals surface area contributed by atoms with Crippen molar-refractivity contribution >= 4 is 17.5 Å². The van der Waals surface area contributed by atoms with Crippen LogP contribution in [-0.2, 0) is 6.54 Å². The third-order valence-corrected chi connectivity index (χ3v) is 7.52. The largest absolute Gasteiger partial charge is 0.454 e. The van der Waals surface area contributed by atoms with Crippen LogP contribution in [0.5, 0.6) is 11.5 Å². The quantitative estimate of drug-likeness (QED) is 0.303. The van der Waals surface area contributed by atoms with Crippen LogP contribution in [0.2, 0.25) is 5.02 Å². The molecule has 3 aromatic carbocycles. The van der Waals surface area contributed by atoms with E-state index in [-0.39, 0.29) is 18.4 Å². The van der Waals surface area contributed by atoms with Gasteiger partial charge in [-0.3, -0.25) is 9.69 Å². The van der Waals surface area contributed by atoms with Crippen molar-refractivity contribution < 1.29 is 23.0 Å². The highest BCUT2D eigenvalue weighted by Crippen LogP contribution is 2.34. The van der Waals surface area contributed by atoms with E-state index in [1.165, 1.54) is 12.1 Å². The zero-order valence-corrected chi connectivity index (χ0v) is 22.0. The number of ether oxygens (including phenoxy) is 2. The summed E-state index contributed by atoms with van der Waals surface area (Å²) in [5, 5.41) is 0.566. The van der Waals surface area contributed by atoms with Gasteiger partial charge in [0, 0.05) is 49.5 Å². The topological polar surface area (TPSA) is 46.9 Å². The zero-order valence-electron chi connectivity index (χ0n) is 21.3. The molecule has 1 amide bonds. The highest BCUT2D eigenvalue weighted by molar-refractivity contribution is 6.30. The zero-order chi connectivity index (χ0) is 27.1. The number of hydrogen-bond donors (Lipinski definition) is 0.